The SMILES string of the molecule is C=C(OCC(=O)C(C)C)c1ccc(Cl)cc1. The first kappa shape index (κ1) is 12.8. The maximum absolute atomic E-state index is 11.3. The molecule has 0 aromatic heterocycles. The Kier molecular flexibility index (Phi) is 4.56. The Hall–Kier alpha value is -1.28. The summed E-state index contributed by atoms with van der Waals surface area (Å²) in [5.41, 5.74) is 0.834. The molecule has 0 bridgehead atoms. The number of Topliss-reactive ketones (excluding diaryl/α,β-unsaturated/α-hetero) is 1. The van der Waals surface area contributed by atoms with E-state index in [4.69, 9.17) is 16.3 Å². The molecule has 1 aromatic rings. The number of halogens is 1. The monoisotopic (exact) mass is 238 g/mol. The Morgan fingerprint density at radius 1 is 1.38 bits per heavy atom. The van der Waals surface area contributed by atoms with Crippen LogP contribution in [-0.2, 0) is 9.53 Å². The lowest BCUT2D eigenvalue weighted by atomic mass is 10.1. The molecule has 0 N–H and O–H groups in total. The van der Waals surface area contributed by atoms with Gasteiger partial charge >= 0.3 is 0 Å². The fraction of sp³-hybridized carbons (Fsp3) is 0.308. The van der Waals surface area contributed by atoms with Crippen LogP contribution in [0.2, 0.25) is 5.02 Å². The minimum absolute atomic E-state index is 0.0157. The van der Waals surface area contributed by atoms with Gasteiger partial charge in [-0.15, -0.1) is 0 Å². The van der Waals surface area contributed by atoms with Crippen LogP contribution in [0, 0.1) is 5.92 Å². The summed E-state index contributed by atoms with van der Waals surface area (Å²) in [7, 11) is 0. The van der Waals surface area contributed by atoms with Gasteiger partial charge in [0.2, 0.25) is 0 Å². The van der Waals surface area contributed by atoms with Crippen LogP contribution in [-0.4, -0.2) is 12.4 Å². The van der Waals surface area contributed by atoms with Gasteiger partial charge in [-0.05, 0) is 24.3 Å². The van der Waals surface area contributed by atoms with E-state index >= 15 is 0 Å². The smallest absolute Gasteiger partial charge is 0.172 e. The van der Waals surface area contributed by atoms with Crippen molar-refractivity contribution in [1.82, 2.24) is 0 Å². The van der Waals surface area contributed by atoms with Crippen LogP contribution in [0.1, 0.15) is 19.4 Å². The van der Waals surface area contributed by atoms with Crippen molar-refractivity contribution < 1.29 is 9.53 Å². The van der Waals surface area contributed by atoms with Crippen LogP contribution in [0.3, 0.4) is 0 Å². The largest absolute Gasteiger partial charge is 0.486 e. The third kappa shape index (κ3) is 3.70. The van der Waals surface area contributed by atoms with Gasteiger partial charge in [0.25, 0.3) is 0 Å². The summed E-state index contributed by atoms with van der Waals surface area (Å²) >= 11 is 5.76. The van der Waals surface area contributed by atoms with Gasteiger partial charge in [-0.1, -0.05) is 32.0 Å². The van der Waals surface area contributed by atoms with Gasteiger partial charge in [-0.2, -0.15) is 0 Å². The van der Waals surface area contributed by atoms with Crippen molar-refractivity contribution in [3.63, 3.8) is 0 Å². The van der Waals surface area contributed by atoms with E-state index in [2.05, 4.69) is 6.58 Å². The number of carbonyl (C=O) groups excluding carboxylic acids is 1. The molecule has 0 saturated heterocycles. The van der Waals surface area contributed by atoms with Gasteiger partial charge in [-0.3, -0.25) is 4.79 Å². The van der Waals surface area contributed by atoms with Crippen LogP contribution in [0.25, 0.3) is 5.76 Å². The Balaban J connectivity index is 2.53. The third-order valence-corrected chi connectivity index (χ3v) is 2.45. The molecule has 1 aromatic carbocycles. The van der Waals surface area contributed by atoms with Crippen molar-refractivity contribution >= 4 is 23.1 Å². The third-order valence-electron chi connectivity index (χ3n) is 2.20. The zero-order chi connectivity index (χ0) is 12.1. The number of benzene rings is 1. The fourth-order valence-electron chi connectivity index (χ4n) is 1.04. The molecular formula is C13H15ClO2. The van der Waals surface area contributed by atoms with Crippen molar-refractivity contribution in [1.29, 1.82) is 0 Å². The number of carbonyl (C=O) groups is 1. The lowest BCUT2D eigenvalue weighted by Crippen LogP contribution is -2.14. The lowest BCUT2D eigenvalue weighted by molar-refractivity contribution is -0.124. The molecule has 1 rings (SSSR count). The highest BCUT2D eigenvalue weighted by Crippen LogP contribution is 2.17. The highest BCUT2D eigenvalue weighted by atomic mass is 35.5. The van der Waals surface area contributed by atoms with Crippen molar-refractivity contribution in [2.24, 2.45) is 5.92 Å². The van der Waals surface area contributed by atoms with Crippen molar-refractivity contribution in [2.45, 2.75) is 13.8 Å². The Morgan fingerprint density at radius 3 is 2.44 bits per heavy atom. The van der Waals surface area contributed by atoms with Gasteiger partial charge in [0.1, 0.15) is 12.4 Å². The maximum atomic E-state index is 11.3. The van der Waals surface area contributed by atoms with Gasteiger partial charge in [0, 0.05) is 16.5 Å². The molecular weight excluding hydrogens is 224 g/mol. The summed E-state index contributed by atoms with van der Waals surface area (Å²) in [6.45, 7) is 7.52. The molecule has 0 unspecified atom stereocenters. The highest BCUT2D eigenvalue weighted by molar-refractivity contribution is 6.30. The summed E-state index contributed by atoms with van der Waals surface area (Å²) in [6.07, 6.45) is 0. The van der Waals surface area contributed by atoms with Crippen molar-refractivity contribution in [2.75, 3.05) is 6.61 Å². The topological polar surface area (TPSA) is 26.3 Å². The predicted molar refractivity (Wildman–Crippen MR) is 66.3 cm³/mol. The Labute approximate surface area is 101 Å². The molecule has 0 spiro atoms. The first-order valence-corrected chi connectivity index (χ1v) is 5.49. The van der Waals surface area contributed by atoms with E-state index in [0.717, 1.165) is 5.56 Å². The average molecular weight is 239 g/mol. The fourth-order valence-corrected chi connectivity index (χ4v) is 1.17. The van der Waals surface area contributed by atoms with Crippen LogP contribution < -0.4 is 0 Å². The molecule has 0 fully saturated rings. The molecule has 0 radical (unpaired) electrons. The van der Waals surface area contributed by atoms with Gasteiger partial charge in [0.05, 0.1) is 0 Å². The van der Waals surface area contributed by atoms with Crippen LogP contribution in [0.5, 0.6) is 0 Å². The van der Waals surface area contributed by atoms with E-state index in [1.807, 2.05) is 26.0 Å². The van der Waals surface area contributed by atoms with Gasteiger partial charge in [0.15, 0.2) is 5.78 Å². The number of rotatable bonds is 5. The lowest BCUT2D eigenvalue weighted by Gasteiger charge is -2.10. The molecule has 0 saturated carbocycles. The summed E-state index contributed by atoms with van der Waals surface area (Å²) in [5, 5.41) is 0.662. The Bertz CT molecular complexity index is 379. The molecule has 0 amide bonds. The van der Waals surface area contributed by atoms with E-state index in [1.165, 1.54) is 0 Å². The van der Waals surface area contributed by atoms with E-state index < -0.39 is 0 Å². The second kappa shape index (κ2) is 5.71. The highest BCUT2D eigenvalue weighted by Gasteiger charge is 2.08. The summed E-state index contributed by atoms with van der Waals surface area (Å²) in [5.74, 6) is 0.541. The summed E-state index contributed by atoms with van der Waals surface area (Å²) in [4.78, 5) is 11.3. The normalized spacial score (nSPS) is 10.2. The van der Waals surface area contributed by atoms with E-state index in [1.54, 1.807) is 12.1 Å². The standard InChI is InChI=1S/C13H15ClO2/c1-9(2)13(15)8-16-10(3)11-4-6-12(14)7-5-11/h4-7,9H,3,8H2,1-2H3. The Morgan fingerprint density at radius 2 is 1.94 bits per heavy atom. The number of ketones is 1. The minimum atomic E-state index is -0.0157. The first-order chi connectivity index (χ1) is 7.50. The molecule has 0 aliphatic rings. The molecule has 0 heterocycles. The first-order valence-electron chi connectivity index (χ1n) is 5.11. The average Bonchev–Trinajstić information content (AvgIpc) is 2.26. The van der Waals surface area contributed by atoms with Crippen LogP contribution >= 0.6 is 11.6 Å². The number of hydrogen-bond donors (Lipinski definition) is 0. The molecule has 0 aliphatic heterocycles. The number of hydrogen-bond acceptors (Lipinski definition) is 2. The minimum Gasteiger partial charge on any atom is -0.486 e. The zero-order valence-electron chi connectivity index (χ0n) is 9.50. The quantitative estimate of drug-likeness (QED) is 0.734. The van der Waals surface area contributed by atoms with E-state index in [-0.39, 0.29) is 18.3 Å². The van der Waals surface area contributed by atoms with Crippen LogP contribution in [0.15, 0.2) is 30.8 Å². The molecule has 0 atom stereocenters. The second-order valence-corrected chi connectivity index (χ2v) is 4.28. The van der Waals surface area contributed by atoms with Crippen molar-refractivity contribution in [3.8, 4) is 0 Å². The second-order valence-electron chi connectivity index (χ2n) is 3.84. The molecule has 16 heavy (non-hydrogen) atoms. The maximum Gasteiger partial charge on any atom is 0.172 e. The molecule has 86 valence electrons. The number of ether oxygens (including phenoxy) is 1. The van der Waals surface area contributed by atoms with Gasteiger partial charge in [-0.25, -0.2) is 0 Å². The van der Waals surface area contributed by atoms with Crippen LogP contribution in [0.4, 0.5) is 0 Å². The van der Waals surface area contributed by atoms with Gasteiger partial charge < -0.3 is 4.74 Å². The molecule has 3 heteroatoms. The predicted octanol–water partition coefficient (Wildman–Crippen LogP) is 3.55. The molecule has 2 nitrogen and oxygen atoms in total. The molecule has 0 aliphatic carbocycles. The zero-order valence-corrected chi connectivity index (χ0v) is 10.3. The summed E-state index contributed by atoms with van der Waals surface area (Å²) in [6, 6.07) is 7.14. The van der Waals surface area contributed by atoms with E-state index in [0.29, 0.717) is 10.8 Å². The van der Waals surface area contributed by atoms with E-state index in [9.17, 15) is 4.79 Å². The van der Waals surface area contributed by atoms with Crippen molar-refractivity contribution in [3.05, 3.63) is 41.4 Å². The summed E-state index contributed by atoms with van der Waals surface area (Å²) < 4.78 is 5.30.